The molecule has 2 N–H and O–H groups in total. The second kappa shape index (κ2) is 9.18. The summed E-state index contributed by atoms with van der Waals surface area (Å²) in [7, 11) is 0. The molecular weight excluding hydrogens is 314 g/mol. The highest BCUT2D eigenvalue weighted by atomic mass is 35.5. The molecule has 4 nitrogen and oxygen atoms in total. The second-order valence-electron chi connectivity index (χ2n) is 5.21. The molecule has 0 fully saturated rings. The molecule has 5 heteroatoms. The van der Waals surface area contributed by atoms with E-state index in [1.54, 1.807) is 0 Å². The Bertz CT molecular complexity index is 601. The third-order valence-electron chi connectivity index (χ3n) is 3.30. The molecule has 0 bridgehead atoms. The van der Waals surface area contributed by atoms with Crippen molar-refractivity contribution in [3.8, 4) is 5.75 Å². The fraction of sp³-hybridized carbons (Fsp3) is 0.278. The van der Waals surface area contributed by atoms with Crippen LogP contribution in [-0.4, -0.2) is 29.5 Å². The maximum Gasteiger partial charge on any atom is 0.235 e. The minimum absolute atomic E-state index is 0.0971. The average molecular weight is 334 g/mol. The van der Waals surface area contributed by atoms with Crippen molar-refractivity contribution >= 4 is 17.5 Å². The lowest BCUT2D eigenvalue weighted by Crippen LogP contribution is -2.33. The van der Waals surface area contributed by atoms with Crippen molar-refractivity contribution < 1.29 is 14.6 Å². The van der Waals surface area contributed by atoms with Crippen molar-refractivity contribution in [2.75, 3.05) is 12.4 Å². The molecule has 2 aromatic rings. The lowest BCUT2D eigenvalue weighted by Gasteiger charge is -2.12. The highest BCUT2D eigenvalue weighted by Gasteiger charge is 2.07. The molecule has 1 unspecified atom stereocenters. The first-order chi connectivity index (χ1) is 11.2. The third-order valence-corrected chi connectivity index (χ3v) is 3.54. The predicted molar refractivity (Wildman–Crippen MR) is 90.7 cm³/mol. The highest BCUT2D eigenvalue weighted by molar-refractivity contribution is 6.27. The number of nitrogens with one attached hydrogen (secondary N) is 1. The number of aliphatic hydroxyl groups is 1. The summed E-state index contributed by atoms with van der Waals surface area (Å²) in [6, 6.07) is 17.5. The number of alkyl halides is 1. The lowest BCUT2D eigenvalue weighted by molar-refractivity contribution is -0.119. The van der Waals surface area contributed by atoms with Gasteiger partial charge in [-0.05, 0) is 23.3 Å². The van der Waals surface area contributed by atoms with E-state index in [9.17, 15) is 9.90 Å². The molecular formula is C18H20ClNO3. The number of carbonyl (C=O) groups is 1. The summed E-state index contributed by atoms with van der Waals surface area (Å²) in [6.07, 6.45) is -0.181. The van der Waals surface area contributed by atoms with Gasteiger partial charge in [0.05, 0.1) is 6.10 Å². The second-order valence-corrected chi connectivity index (χ2v) is 5.48. The zero-order valence-corrected chi connectivity index (χ0v) is 13.5. The van der Waals surface area contributed by atoms with Gasteiger partial charge in [-0.1, -0.05) is 42.5 Å². The van der Waals surface area contributed by atoms with Gasteiger partial charge in [-0.15, -0.1) is 11.6 Å². The Morgan fingerprint density at radius 2 is 1.78 bits per heavy atom. The summed E-state index contributed by atoms with van der Waals surface area (Å²) in [5.74, 6) is 0.401. The van der Waals surface area contributed by atoms with Crippen LogP contribution in [0.1, 0.15) is 11.1 Å². The Morgan fingerprint density at radius 1 is 1.09 bits per heavy atom. The molecule has 0 aromatic heterocycles. The number of ether oxygens (including phenoxy) is 1. The number of rotatable bonds is 8. The molecule has 0 radical (unpaired) electrons. The van der Waals surface area contributed by atoms with E-state index in [0.29, 0.717) is 13.0 Å². The van der Waals surface area contributed by atoms with E-state index >= 15 is 0 Å². The largest absolute Gasteiger partial charge is 0.489 e. The van der Waals surface area contributed by atoms with Crippen LogP contribution in [0.3, 0.4) is 0 Å². The summed E-state index contributed by atoms with van der Waals surface area (Å²) < 4.78 is 5.71. The fourth-order valence-electron chi connectivity index (χ4n) is 2.09. The molecule has 23 heavy (non-hydrogen) atoms. The van der Waals surface area contributed by atoms with Gasteiger partial charge in [0.2, 0.25) is 5.91 Å². The van der Waals surface area contributed by atoms with Gasteiger partial charge in [-0.2, -0.15) is 0 Å². The smallest absolute Gasteiger partial charge is 0.235 e. The first-order valence-corrected chi connectivity index (χ1v) is 7.97. The number of hydrogen-bond acceptors (Lipinski definition) is 3. The zero-order valence-electron chi connectivity index (χ0n) is 12.7. The molecule has 1 amide bonds. The molecule has 122 valence electrons. The molecule has 0 aliphatic heterocycles. The van der Waals surface area contributed by atoms with Crippen LogP contribution < -0.4 is 10.1 Å². The molecule has 0 aliphatic carbocycles. The van der Waals surface area contributed by atoms with Crippen LogP contribution in [0.25, 0.3) is 0 Å². The monoisotopic (exact) mass is 333 g/mol. The minimum atomic E-state index is -0.641. The minimum Gasteiger partial charge on any atom is -0.489 e. The molecule has 2 rings (SSSR count). The maximum absolute atomic E-state index is 11.0. The number of aliphatic hydroxyl groups excluding tert-OH is 1. The van der Waals surface area contributed by atoms with Crippen LogP contribution in [0.15, 0.2) is 54.6 Å². The highest BCUT2D eigenvalue weighted by Crippen LogP contribution is 2.15. The maximum atomic E-state index is 11.0. The molecule has 2 aromatic carbocycles. The first-order valence-electron chi connectivity index (χ1n) is 7.44. The summed E-state index contributed by atoms with van der Waals surface area (Å²) in [5.41, 5.74) is 2.09. The van der Waals surface area contributed by atoms with E-state index in [0.717, 1.165) is 16.9 Å². The van der Waals surface area contributed by atoms with Gasteiger partial charge < -0.3 is 15.2 Å². The quantitative estimate of drug-likeness (QED) is 0.730. The first kappa shape index (κ1) is 17.3. The molecule has 0 heterocycles. The Hall–Kier alpha value is -2.04. The van der Waals surface area contributed by atoms with Crippen LogP contribution in [0, 0.1) is 0 Å². The Labute approximate surface area is 141 Å². The van der Waals surface area contributed by atoms with Crippen LogP contribution >= 0.6 is 11.6 Å². The predicted octanol–water partition coefficient (Wildman–Crippen LogP) is 2.52. The van der Waals surface area contributed by atoms with Crippen LogP contribution in [-0.2, 0) is 17.8 Å². The summed E-state index contributed by atoms with van der Waals surface area (Å²) in [4.78, 5) is 11.0. The van der Waals surface area contributed by atoms with Gasteiger partial charge >= 0.3 is 0 Å². The van der Waals surface area contributed by atoms with Gasteiger partial charge in [0.25, 0.3) is 0 Å². The van der Waals surface area contributed by atoms with Gasteiger partial charge in [0, 0.05) is 13.0 Å². The molecule has 0 aliphatic rings. The SMILES string of the molecule is O=C(CCl)NCC(O)Cc1ccc(OCc2ccccc2)cc1. The van der Waals surface area contributed by atoms with Gasteiger partial charge in [-0.3, -0.25) is 4.79 Å². The number of benzene rings is 2. The van der Waals surface area contributed by atoms with E-state index in [1.807, 2.05) is 54.6 Å². The van der Waals surface area contributed by atoms with Gasteiger partial charge in [0.1, 0.15) is 18.2 Å². The van der Waals surface area contributed by atoms with Crippen LogP contribution in [0.5, 0.6) is 5.75 Å². The van der Waals surface area contributed by atoms with Crippen molar-refractivity contribution in [2.45, 2.75) is 19.1 Å². The fourth-order valence-corrected chi connectivity index (χ4v) is 2.18. The van der Waals surface area contributed by atoms with E-state index in [2.05, 4.69) is 5.32 Å². The molecule has 1 atom stereocenters. The van der Waals surface area contributed by atoms with E-state index in [4.69, 9.17) is 16.3 Å². The zero-order chi connectivity index (χ0) is 16.5. The Balaban J connectivity index is 1.78. The van der Waals surface area contributed by atoms with E-state index in [1.165, 1.54) is 0 Å². The Morgan fingerprint density at radius 3 is 2.43 bits per heavy atom. The number of carbonyl (C=O) groups excluding carboxylic acids is 1. The van der Waals surface area contributed by atoms with Crippen LogP contribution in [0.2, 0.25) is 0 Å². The lowest BCUT2D eigenvalue weighted by atomic mass is 10.1. The Kier molecular flexibility index (Phi) is 6.91. The van der Waals surface area contributed by atoms with E-state index in [-0.39, 0.29) is 18.3 Å². The standard InChI is InChI=1S/C18H20ClNO3/c19-11-18(22)20-12-16(21)10-14-6-8-17(9-7-14)23-13-15-4-2-1-3-5-15/h1-9,16,21H,10-13H2,(H,20,22). The van der Waals surface area contributed by atoms with E-state index < -0.39 is 6.10 Å². The normalized spacial score (nSPS) is 11.7. The summed E-state index contributed by atoms with van der Waals surface area (Å²) in [6.45, 7) is 0.713. The summed E-state index contributed by atoms with van der Waals surface area (Å²) >= 11 is 5.38. The van der Waals surface area contributed by atoms with Crippen LogP contribution in [0.4, 0.5) is 0 Å². The number of amides is 1. The van der Waals surface area contributed by atoms with Crippen molar-refractivity contribution in [1.29, 1.82) is 0 Å². The number of halogens is 1. The average Bonchev–Trinajstić information content (AvgIpc) is 2.60. The molecule has 0 spiro atoms. The molecule has 0 saturated heterocycles. The van der Waals surface area contributed by atoms with Crippen molar-refractivity contribution in [2.24, 2.45) is 0 Å². The molecule has 0 saturated carbocycles. The summed E-state index contributed by atoms with van der Waals surface area (Å²) in [5, 5.41) is 12.4. The van der Waals surface area contributed by atoms with Crippen molar-refractivity contribution in [3.05, 3.63) is 65.7 Å². The van der Waals surface area contributed by atoms with Crippen molar-refractivity contribution in [1.82, 2.24) is 5.32 Å². The number of hydrogen-bond donors (Lipinski definition) is 2. The topological polar surface area (TPSA) is 58.6 Å². The van der Waals surface area contributed by atoms with Crippen molar-refractivity contribution in [3.63, 3.8) is 0 Å². The third kappa shape index (κ3) is 6.30. The van der Waals surface area contributed by atoms with Gasteiger partial charge in [-0.25, -0.2) is 0 Å². The van der Waals surface area contributed by atoms with Gasteiger partial charge in [0.15, 0.2) is 0 Å².